The van der Waals surface area contributed by atoms with Crippen LogP contribution in [0.3, 0.4) is 0 Å². The minimum atomic E-state index is -0.707. The molecule has 0 unspecified atom stereocenters. The Morgan fingerprint density at radius 1 is 1.33 bits per heavy atom. The molecule has 0 radical (unpaired) electrons. The van der Waals surface area contributed by atoms with E-state index in [1.165, 1.54) is 11.8 Å². The van der Waals surface area contributed by atoms with Gasteiger partial charge in [-0.15, -0.1) is 0 Å². The van der Waals surface area contributed by atoms with Crippen LogP contribution in [0, 0.1) is 11.3 Å². The van der Waals surface area contributed by atoms with Crippen molar-refractivity contribution in [3.8, 4) is 11.8 Å². The van der Waals surface area contributed by atoms with Crippen LogP contribution in [0.2, 0.25) is 0 Å². The average molecular weight is 328 g/mol. The number of ether oxygens (including phenoxy) is 2. The third kappa shape index (κ3) is 3.35. The molecule has 1 heterocycles. The predicted octanol–water partition coefficient (Wildman–Crippen LogP) is 1.22. The van der Waals surface area contributed by atoms with Crippen molar-refractivity contribution in [3.63, 3.8) is 0 Å². The smallest absolute Gasteiger partial charge is 0.360 e. The van der Waals surface area contributed by atoms with Crippen molar-refractivity contribution in [1.82, 2.24) is 9.78 Å². The highest BCUT2D eigenvalue weighted by molar-refractivity contribution is 5.92. The Morgan fingerprint density at radius 2 is 2.00 bits per heavy atom. The van der Waals surface area contributed by atoms with Gasteiger partial charge in [0.15, 0.2) is 5.69 Å². The van der Waals surface area contributed by atoms with Crippen LogP contribution in [0.1, 0.15) is 28.5 Å². The number of hydrogen-bond donors (Lipinski definition) is 1. The third-order valence-electron chi connectivity index (χ3n) is 3.26. The molecule has 1 aromatic carbocycles. The van der Waals surface area contributed by atoms with Crippen LogP contribution in [-0.4, -0.2) is 35.4 Å². The van der Waals surface area contributed by atoms with Gasteiger partial charge in [0.2, 0.25) is 0 Å². The van der Waals surface area contributed by atoms with E-state index in [-0.39, 0.29) is 36.1 Å². The summed E-state index contributed by atoms with van der Waals surface area (Å²) >= 11 is 0. The fourth-order valence-electron chi connectivity index (χ4n) is 2.07. The van der Waals surface area contributed by atoms with Crippen molar-refractivity contribution in [3.05, 3.63) is 41.1 Å². The fraction of sp³-hybridized carbons (Fsp3) is 0.250. The van der Waals surface area contributed by atoms with Crippen LogP contribution in [0.25, 0.3) is 5.69 Å². The van der Waals surface area contributed by atoms with E-state index in [0.29, 0.717) is 5.69 Å². The molecule has 0 aliphatic rings. The van der Waals surface area contributed by atoms with Crippen molar-refractivity contribution < 1.29 is 19.1 Å². The van der Waals surface area contributed by atoms with Crippen molar-refractivity contribution in [2.24, 2.45) is 0 Å². The molecule has 0 amide bonds. The van der Waals surface area contributed by atoms with E-state index in [9.17, 15) is 14.9 Å². The van der Waals surface area contributed by atoms with E-state index in [0.717, 1.165) is 5.56 Å². The number of esters is 2. The summed E-state index contributed by atoms with van der Waals surface area (Å²) in [5.74, 6) is -1.01. The van der Waals surface area contributed by atoms with E-state index < -0.39 is 5.97 Å². The SMILES string of the molecule is CCOC(=O)c1nn(-c2ccc(CC(=O)OC)cc2)c(N)c1C#N. The van der Waals surface area contributed by atoms with E-state index in [4.69, 9.17) is 10.5 Å². The molecule has 0 spiro atoms. The van der Waals surface area contributed by atoms with Gasteiger partial charge < -0.3 is 15.2 Å². The number of hydrogen-bond acceptors (Lipinski definition) is 7. The maximum Gasteiger partial charge on any atom is 0.360 e. The van der Waals surface area contributed by atoms with Crippen LogP contribution >= 0.6 is 0 Å². The predicted molar refractivity (Wildman–Crippen MR) is 84.4 cm³/mol. The van der Waals surface area contributed by atoms with Gasteiger partial charge in [-0.1, -0.05) is 12.1 Å². The number of benzene rings is 1. The van der Waals surface area contributed by atoms with Crippen molar-refractivity contribution >= 4 is 17.8 Å². The lowest BCUT2D eigenvalue weighted by atomic mass is 10.1. The average Bonchev–Trinajstić information content (AvgIpc) is 2.92. The van der Waals surface area contributed by atoms with Crippen LogP contribution in [-0.2, 0) is 20.7 Å². The molecule has 0 atom stereocenters. The van der Waals surface area contributed by atoms with Gasteiger partial charge in [0.1, 0.15) is 17.5 Å². The summed E-state index contributed by atoms with van der Waals surface area (Å²) in [7, 11) is 1.32. The first-order chi connectivity index (χ1) is 11.5. The Morgan fingerprint density at radius 3 is 2.54 bits per heavy atom. The van der Waals surface area contributed by atoms with Crippen LogP contribution in [0.4, 0.5) is 5.82 Å². The molecule has 2 rings (SSSR count). The number of nitrogen functional groups attached to an aromatic ring is 1. The van der Waals surface area contributed by atoms with E-state index in [1.54, 1.807) is 31.2 Å². The van der Waals surface area contributed by atoms with Crippen molar-refractivity contribution in [2.45, 2.75) is 13.3 Å². The third-order valence-corrected chi connectivity index (χ3v) is 3.26. The normalized spacial score (nSPS) is 10.0. The molecule has 0 fully saturated rings. The highest BCUT2D eigenvalue weighted by Gasteiger charge is 2.23. The molecule has 0 bridgehead atoms. The van der Waals surface area contributed by atoms with Gasteiger partial charge in [0.25, 0.3) is 0 Å². The zero-order chi connectivity index (χ0) is 17.7. The van der Waals surface area contributed by atoms with Crippen LogP contribution < -0.4 is 5.73 Å². The number of nitriles is 1. The maximum atomic E-state index is 11.9. The highest BCUT2D eigenvalue weighted by atomic mass is 16.5. The first-order valence-corrected chi connectivity index (χ1v) is 7.13. The second-order valence-electron chi connectivity index (χ2n) is 4.77. The van der Waals surface area contributed by atoms with Crippen LogP contribution in [0.15, 0.2) is 24.3 Å². The van der Waals surface area contributed by atoms with Gasteiger partial charge in [-0.2, -0.15) is 10.4 Å². The molecule has 2 N–H and O–H groups in total. The lowest BCUT2D eigenvalue weighted by molar-refractivity contribution is -0.139. The molecule has 124 valence electrons. The molecule has 0 saturated heterocycles. The maximum absolute atomic E-state index is 11.9. The number of rotatable bonds is 5. The quantitative estimate of drug-likeness (QED) is 0.819. The van der Waals surface area contributed by atoms with Gasteiger partial charge >= 0.3 is 11.9 Å². The van der Waals surface area contributed by atoms with Gasteiger partial charge in [-0.3, -0.25) is 4.79 Å². The van der Waals surface area contributed by atoms with E-state index >= 15 is 0 Å². The molecule has 8 heteroatoms. The second kappa shape index (κ2) is 7.28. The summed E-state index contributed by atoms with van der Waals surface area (Å²) < 4.78 is 10.8. The monoisotopic (exact) mass is 328 g/mol. The molecule has 0 aliphatic carbocycles. The highest BCUT2D eigenvalue weighted by Crippen LogP contribution is 2.21. The Labute approximate surface area is 138 Å². The summed E-state index contributed by atoms with van der Waals surface area (Å²) in [6.45, 7) is 1.82. The molecule has 2 aromatic rings. The number of aromatic nitrogens is 2. The minimum absolute atomic E-state index is 0.0351. The molecular formula is C16H16N4O4. The first-order valence-electron chi connectivity index (χ1n) is 7.13. The summed E-state index contributed by atoms with van der Waals surface area (Å²) in [5, 5.41) is 13.3. The Bertz CT molecular complexity index is 803. The number of anilines is 1. The number of carbonyl (C=O) groups is 2. The minimum Gasteiger partial charge on any atom is -0.469 e. The molecular weight excluding hydrogens is 312 g/mol. The molecule has 0 aliphatic heterocycles. The summed E-state index contributed by atoms with van der Waals surface area (Å²) in [6.07, 6.45) is 0.142. The van der Waals surface area contributed by atoms with Gasteiger partial charge in [-0.05, 0) is 24.6 Å². The van der Waals surface area contributed by atoms with Gasteiger partial charge in [0.05, 0.1) is 25.8 Å². The summed E-state index contributed by atoms with van der Waals surface area (Å²) in [5.41, 5.74) is 7.05. The second-order valence-corrected chi connectivity index (χ2v) is 4.77. The van der Waals surface area contributed by atoms with Crippen molar-refractivity contribution in [2.75, 3.05) is 19.5 Å². The Balaban J connectivity index is 2.37. The zero-order valence-electron chi connectivity index (χ0n) is 13.3. The standard InChI is InChI=1S/C16H16N4O4/c1-3-24-16(22)14-12(9-17)15(18)20(19-14)11-6-4-10(5-7-11)8-13(21)23-2/h4-7H,3,8,18H2,1-2H3. The van der Waals surface area contributed by atoms with Crippen LogP contribution in [0.5, 0.6) is 0 Å². The molecule has 1 aromatic heterocycles. The number of carbonyl (C=O) groups excluding carboxylic acids is 2. The van der Waals surface area contributed by atoms with E-state index in [1.807, 2.05) is 6.07 Å². The van der Waals surface area contributed by atoms with Crippen molar-refractivity contribution in [1.29, 1.82) is 5.26 Å². The Hall–Kier alpha value is -3.34. The zero-order valence-corrected chi connectivity index (χ0v) is 13.3. The van der Waals surface area contributed by atoms with E-state index in [2.05, 4.69) is 9.84 Å². The van der Waals surface area contributed by atoms with Gasteiger partial charge in [-0.25, -0.2) is 9.48 Å². The number of methoxy groups -OCH3 is 1. The lowest BCUT2D eigenvalue weighted by Crippen LogP contribution is -2.08. The molecule has 0 saturated carbocycles. The Kier molecular flexibility index (Phi) is 5.16. The summed E-state index contributed by atoms with van der Waals surface area (Å²) in [6, 6.07) is 8.65. The number of nitrogens with zero attached hydrogens (tertiary/aromatic N) is 3. The largest absolute Gasteiger partial charge is 0.469 e. The first kappa shape index (κ1) is 17.0. The topological polar surface area (TPSA) is 120 Å². The summed E-state index contributed by atoms with van der Waals surface area (Å²) in [4.78, 5) is 23.1. The molecule has 24 heavy (non-hydrogen) atoms. The molecule has 8 nitrogen and oxygen atoms in total. The lowest BCUT2D eigenvalue weighted by Gasteiger charge is -2.05. The van der Waals surface area contributed by atoms with Gasteiger partial charge in [0, 0.05) is 0 Å². The number of nitrogens with two attached hydrogens (primary N) is 1. The fourth-order valence-corrected chi connectivity index (χ4v) is 2.07.